The van der Waals surface area contributed by atoms with Gasteiger partial charge < -0.3 is 4.74 Å². The predicted molar refractivity (Wildman–Crippen MR) is 108 cm³/mol. The van der Waals surface area contributed by atoms with Crippen molar-refractivity contribution in [2.75, 3.05) is 7.11 Å². The van der Waals surface area contributed by atoms with Crippen molar-refractivity contribution in [2.45, 2.75) is 6.54 Å². The van der Waals surface area contributed by atoms with Crippen LogP contribution in [-0.4, -0.2) is 27.7 Å². The average Bonchev–Trinajstić information content (AvgIpc) is 3.52. The van der Waals surface area contributed by atoms with Gasteiger partial charge in [-0.05, 0) is 81.6 Å². The molecule has 10 radical (unpaired) electrons. The second kappa shape index (κ2) is 12.6. The molecule has 0 unspecified atom stereocenters. The van der Waals surface area contributed by atoms with Crippen molar-refractivity contribution in [2.24, 2.45) is 0 Å². The van der Waals surface area contributed by atoms with Crippen molar-refractivity contribution in [3.8, 4) is 5.75 Å². The number of ketones is 1. The second-order valence-corrected chi connectivity index (χ2v) is 6.00. The van der Waals surface area contributed by atoms with Gasteiger partial charge in [0.2, 0.25) is 0 Å². The van der Waals surface area contributed by atoms with Gasteiger partial charge in [0.25, 0.3) is 0 Å². The van der Waals surface area contributed by atoms with E-state index in [0.717, 1.165) is 11.3 Å². The number of Topliss-reactive ketones (excluding diaryl/α,β-unsaturated/α-hetero) is 1. The fourth-order valence-electron chi connectivity index (χ4n) is 2.60. The number of nitrogens with zero attached hydrogens (tertiary/aromatic N) is 3. The standard InChI is InChI=1S/C18H16N3O2.C5H5.Fe/c1-23-17-8-6-14(7-9-17)10-16(11-21-13-19-12-20-21)18(22)15-4-2-3-5-15;1-2-4-5-3-1;/h2-10,12-13H,11H2,1H3;1-5H;/q;;+2/b16-10+;;. The molecule has 0 spiro atoms. The smallest absolute Gasteiger partial charge is 0.497 e. The zero-order valence-corrected chi connectivity index (χ0v) is 17.1. The van der Waals surface area contributed by atoms with Crippen molar-refractivity contribution in [3.63, 3.8) is 0 Å². The van der Waals surface area contributed by atoms with Crippen LogP contribution in [0, 0.1) is 63.7 Å². The van der Waals surface area contributed by atoms with E-state index in [1.54, 1.807) is 18.1 Å². The van der Waals surface area contributed by atoms with E-state index >= 15 is 0 Å². The fourth-order valence-corrected chi connectivity index (χ4v) is 2.60. The molecule has 0 bridgehead atoms. The first kappa shape index (κ1) is 23.4. The summed E-state index contributed by atoms with van der Waals surface area (Å²) in [5.74, 6) is 1.44. The second-order valence-electron chi connectivity index (χ2n) is 6.00. The molecule has 2 saturated carbocycles. The number of aromatic nitrogens is 3. The number of carbonyl (C=O) groups is 1. The van der Waals surface area contributed by atoms with Crippen LogP contribution in [0.3, 0.4) is 0 Å². The molecule has 6 heteroatoms. The van der Waals surface area contributed by atoms with Crippen LogP contribution in [0.25, 0.3) is 6.08 Å². The van der Waals surface area contributed by atoms with Gasteiger partial charge in [-0.2, -0.15) is 5.10 Å². The van der Waals surface area contributed by atoms with E-state index in [1.165, 1.54) is 6.33 Å². The first-order chi connectivity index (χ1) is 13.8. The van der Waals surface area contributed by atoms with E-state index in [9.17, 15) is 4.79 Å². The zero-order valence-electron chi connectivity index (χ0n) is 16.0. The fraction of sp³-hybridized carbons (Fsp3) is 0.0870. The normalized spacial score (nSPS) is 16.7. The summed E-state index contributed by atoms with van der Waals surface area (Å²) in [7, 11) is 1.62. The number of hydrogen-bond acceptors (Lipinski definition) is 4. The first-order valence-corrected chi connectivity index (χ1v) is 8.86. The van der Waals surface area contributed by atoms with Crippen LogP contribution in [-0.2, 0) is 28.4 Å². The van der Waals surface area contributed by atoms with Crippen molar-refractivity contribution < 1.29 is 26.6 Å². The maximum Gasteiger partial charge on any atom is 2.00 e. The molecule has 2 aromatic rings. The Hall–Kier alpha value is -1.91. The van der Waals surface area contributed by atoms with E-state index in [1.807, 2.05) is 88.1 Å². The van der Waals surface area contributed by atoms with Crippen LogP contribution < -0.4 is 4.74 Å². The van der Waals surface area contributed by atoms with Crippen molar-refractivity contribution in [1.82, 2.24) is 14.8 Å². The Kier molecular flexibility index (Phi) is 10.2. The third kappa shape index (κ3) is 7.45. The number of methoxy groups -OCH3 is 1. The number of hydrogen-bond donors (Lipinski definition) is 0. The van der Waals surface area contributed by atoms with Crippen LogP contribution >= 0.6 is 0 Å². The quantitative estimate of drug-likeness (QED) is 0.524. The molecule has 0 aliphatic heterocycles. The molecule has 2 fully saturated rings. The summed E-state index contributed by atoms with van der Waals surface area (Å²) >= 11 is 0. The summed E-state index contributed by atoms with van der Waals surface area (Å²) < 4.78 is 6.79. The number of allylic oxidation sites excluding steroid dienone is 1. The van der Waals surface area contributed by atoms with Crippen LogP contribution in [0.1, 0.15) is 5.56 Å². The summed E-state index contributed by atoms with van der Waals surface area (Å²) in [6.45, 7) is 0.371. The molecule has 5 nitrogen and oxygen atoms in total. The van der Waals surface area contributed by atoms with Crippen LogP contribution in [0.15, 0.2) is 42.5 Å². The molecule has 1 aromatic heterocycles. The molecule has 0 amide bonds. The summed E-state index contributed by atoms with van der Waals surface area (Å²) in [4.78, 5) is 16.6. The topological polar surface area (TPSA) is 57.0 Å². The summed E-state index contributed by atoms with van der Waals surface area (Å²) in [6, 6.07) is 7.56. The number of carbonyl (C=O) groups excluding carboxylic acids is 1. The molecule has 4 rings (SSSR count). The van der Waals surface area contributed by atoms with Crippen molar-refractivity contribution >= 4 is 11.9 Å². The Morgan fingerprint density at radius 2 is 1.62 bits per heavy atom. The minimum absolute atomic E-state index is 0. The van der Waals surface area contributed by atoms with Gasteiger partial charge in [-0.1, -0.05) is 12.1 Å². The average molecular weight is 427 g/mol. The van der Waals surface area contributed by atoms with Gasteiger partial charge >= 0.3 is 17.1 Å². The number of rotatable bonds is 6. The van der Waals surface area contributed by atoms with Gasteiger partial charge in [0, 0.05) is 5.57 Å². The van der Waals surface area contributed by atoms with Gasteiger partial charge in [-0.3, -0.25) is 4.79 Å². The van der Waals surface area contributed by atoms with Gasteiger partial charge in [0.1, 0.15) is 18.4 Å². The molecule has 146 valence electrons. The Balaban J connectivity index is 0.000000437. The molecule has 2 aliphatic rings. The molecule has 2 aliphatic carbocycles. The largest absolute Gasteiger partial charge is 2.00 e. The maximum absolute atomic E-state index is 12.7. The molecular weight excluding hydrogens is 406 g/mol. The van der Waals surface area contributed by atoms with Crippen LogP contribution in [0.5, 0.6) is 5.75 Å². The summed E-state index contributed by atoms with van der Waals surface area (Å²) in [5.41, 5.74) is 1.58. The summed E-state index contributed by atoms with van der Waals surface area (Å²) in [6.07, 6.45) is 22.3. The third-order valence-corrected chi connectivity index (χ3v) is 4.03. The van der Waals surface area contributed by atoms with Crippen molar-refractivity contribution in [3.05, 3.63) is 112 Å². The Morgan fingerprint density at radius 3 is 2.14 bits per heavy atom. The third-order valence-electron chi connectivity index (χ3n) is 4.03. The summed E-state index contributed by atoms with van der Waals surface area (Å²) in [5, 5.41) is 4.08. The van der Waals surface area contributed by atoms with E-state index in [4.69, 9.17) is 4.74 Å². The molecule has 0 atom stereocenters. The minimum atomic E-state index is -0.0127. The SMILES string of the molecule is COc1ccc(/C=C(\Cn2cncn2)C(=O)[C]2[CH][CH][CH][CH]2)cc1.[CH]1[CH][CH][CH][CH]1.[Fe+2]. The minimum Gasteiger partial charge on any atom is -0.497 e. The first-order valence-electron chi connectivity index (χ1n) is 8.86. The monoisotopic (exact) mass is 427 g/mol. The molecule has 0 saturated heterocycles. The van der Waals surface area contributed by atoms with Gasteiger partial charge in [0.05, 0.1) is 19.6 Å². The maximum atomic E-state index is 12.7. The zero-order chi connectivity index (χ0) is 19.6. The van der Waals surface area contributed by atoms with E-state index < -0.39 is 0 Å². The molecular formula is C23H21FeN3O2+2. The van der Waals surface area contributed by atoms with E-state index in [2.05, 4.69) is 10.1 Å². The molecule has 0 N–H and O–H groups in total. The Labute approximate surface area is 184 Å². The van der Waals surface area contributed by atoms with Gasteiger partial charge in [0.15, 0.2) is 5.78 Å². The molecule has 1 heterocycles. The van der Waals surface area contributed by atoms with Gasteiger partial charge in [-0.25, -0.2) is 9.67 Å². The molecule has 1 aromatic carbocycles. The number of benzene rings is 1. The van der Waals surface area contributed by atoms with Gasteiger partial charge in [-0.15, -0.1) is 0 Å². The number of ether oxygens (including phenoxy) is 1. The van der Waals surface area contributed by atoms with E-state index in [0.29, 0.717) is 18.0 Å². The molecule has 29 heavy (non-hydrogen) atoms. The Morgan fingerprint density at radius 1 is 1.00 bits per heavy atom. The van der Waals surface area contributed by atoms with E-state index in [-0.39, 0.29) is 22.9 Å². The predicted octanol–water partition coefficient (Wildman–Crippen LogP) is 3.36. The van der Waals surface area contributed by atoms with Crippen LogP contribution in [0.2, 0.25) is 0 Å². The van der Waals surface area contributed by atoms with Crippen molar-refractivity contribution in [1.29, 1.82) is 0 Å². The van der Waals surface area contributed by atoms with Crippen LogP contribution in [0.4, 0.5) is 0 Å². The Bertz CT molecular complexity index is 739.